The van der Waals surface area contributed by atoms with E-state index in [0.717, 1.165) is 38.9 Å². The highest BCUT2D eigenvalue weighted by atomic mass is 16.2. The van der Waals surface area contributed by atoms with Crippen molar-refractivity contribution in [3.63, 3.8) is 0 Å². The normalized spacial score (nSPS) is 10.7. The van der Waals surface area contributed by atoms with Crippen LogP contribution in [-0.2, 0) is 4.79 Å². The second-order valence-electron chi connectivity index (χ2n) is 4.00. The predicted molar refractivity (Wildman–Crippen MR) is 63.7 cm³/mol. The van der Waals surface area contributed by atoms with Crippen molar-refractivity contribution in [1.29, 1.82) is 0 Å². The van der Waals surface area contributed by atoms with E-state index in [9.17, 15) is 4.79 Å². The first-order valence-electron chi connectivity index (χ1n) is 5.74. The molecule has 4 heteroatoms. The molecule has 0 aliphatic rings. The number of likely N-dealkylation sites (N-methyl/N-ethyl adjacent to an activating group) is 2. The molecule has 2 N–H and O–H groups in total. The van der Waals surface area contributed by atoms with Crippen LogP contribution in [-0.4, -0.2) is 56.0 Å². The van der Waals surface area contributed by atoms with Crippen LogP contribution in [0.15, 0.2) is 0 Å². The highest BCUT2D eigenvalue weighted by Crippen LogP contribution is 1.97. The smallest absolute Gasteiger partial charge is 0.236 e. The fraction of sp³-hybridized carbons (Fsp3) is 0.909. The zero-order valence-electron chi connectivity index (χ0n) is 10.3. The third kappa shape index (κ3) is 7.33. The molecule has 0 saturated heterocycles. The van der Waals surface area contributed by atoms with Gasteiger partial charge in [0.25, 0.3) is 0 Å². The second kappa shape index (κ2) is 8.68. The molecule has 0 aromatic carbocycles. The summed E-state index contributed by atoms with van der Waals surface area (Å²) in [5.74, 6) is 0.193. The Kier molecular flexibility index (Phi) is 8.33. The largest absolute Gasteiger partial charge is 0.345 e. The Balaban J connectivity index is 3.55. The van der Waals surface area contributed by atoms with Crippen molar-refractivity contribution in [3.05, 3.63) is 0 Å². The van der Waals surface area contributed by atoms with Crippen LogP contribution in [0.25, 0.3) is 0 Å². The first kappa shape index (κ1) is 14.4. The molecule has 0 saturated carbocycles. The number of nitrogens with two attached hydrogens (primary N) is 1. The maximum atomic E-state index is 11.5. The molecule has 0 aliphatic carbocycles. The second-order valence-corrected chi connectivity index (χ2v) is 4.00. The Morgan fingerprint density at radius 2 is 1.87 bits per heavy atom. The van der Waals surface area contributed by atoms with Crippen molar-refractivity contribution in [2.24, 2.45) is 5.73 Å². The Bertz CT molecular complexity index is 173. The number of carbonyl (C=O) groups is 1. The summed E-state index contributed by atoms with van der Waals surface area (Å²) in [6, 6.07) is 0. The zero-order chi connectivity index (χ0) is 11.7. The number of nitrogens with zero attached hydrogens (tertiary/aromatic N) is 2. The summed E-state index contributed by atoms with van der Waals surface area (Å²) in [5.41, 5.74) is 5.41. The Morgan fingerprint density at radius 1 is 1.20 bits per heavy atom. The van der Waals surface area contributed by atoms with Crippen LogP contribution in [0.2, 0.25) is 0 Å². The minimum atomic E-state index is 0.193. The molecule has 15 heavy (non-hydrogen) atoms. The van der Waals surface area contributed by atoms with Crippen molar-refractivity contribution in [2.45, 2.75) is 26.2 Å². The lowest BCUT2D eigenvalue weighted by Crippen LogP contribution is -2.36. The third-order valence-corrected chi connectivity index (χ3v) is 2.55. The molecule has 0 bridgehead atoms. The lowest BCUT2D eigenvalue weighted by Gasteiger charge is -2.20. The number of rotatable bonds is 8. The molecule has 0 unspecified atom stereocenters. The average Bonchev–Trinajstić information content (AvgIpc) is 2.23. The summed E-state index contributed by atoms with van der Waals surface area (Å²) in [4.78, 5) is 15.4. The van der Waals surface area contributed by atoms with Crippen LogP contribution in [0.3, 0.4) is 0 Å². The number of hydrogen-bond donors (Lipinski definition) is 1. The molecule has 0 spiro atoms. The van der Waals surface area contributed by atoms with E-state index in [0.29, 0.717) is 6.54 Å². The maximum absolute atomic E-state index is 11.5. The Hall–Kier alpha value is -0.610. The number of unbranched alkanes of at least 4 members (excludes halogenated alkanes) is 2. The first-order valence-corrected chi connectivity index (χ1v) is 5.74. The zero-order valence-corrected chi connectivity index (χ0v) is 10.3. The van der Waals surface area contributed by atoms with Gasteiger partial charge >= 0.3 is 0 Å². The van der Waals surface area contributed by atoms with Gasteiger partial charge in [0.05, 0.1) is 6.54 Å². The minimum absolute atomic E-state index is 0.193. The van der Waals surface area contributed by atoms with Crippen LogP contribution in [0, 0.1) is 0 Å². The summed E-state index contributed by atoms with van der Waals surface area (Å²) in [7, 11) is 3.83. The van der Waals surface area contributed by atoms with Crippen molar-refractivity contribution < 1.29 is 4.79 Å². The van der Waals surface area contributed by atoms with Crippen molar-refractivity contribution in [2.75, 3.05) is 40.3 Å². The lowest BCUT2D eigenvalue weighted by atomic mass is 10.2. The monoisotopic (exact) mass is 215 g/mol. The van der Waals surface area contributed by atoms with Crippen molar-refractivity contribution in [3.8, 4) is 0 Å². The van der Waals surface area contributed by atoms with Crippen LogP contribution >= 0.6 is 0 Å². The molecule has 90 valence electrons. The highest BCUT2D eigenvalue weighted by molar-refractivity contribution is 5.77. The maximum Gasteiger partial charge on any atom is 0.236 e. The van der Waals surface area contributed by atoms with E-state index >= 15 is 0 Å². The summed E-state index contributed by atoms with van der Waals surface area (Å²) >= 11 is 0. The fourth-order valence-corrected chi connectivity index (χ4v) is 1.31. The summed E-state index contributed by atoms with van der Waals surface area (Å²) in [6.45, 7) is 5.02. The number of carbonyl (C=O) groups excluding carboxylic acids is 1. The molecule has 0 aliphatic heterocycles. The standard InChI is InChI=1S/C11H25N3O/c1-4-14(3)11(15)10-13(2)9-7-5-6-8-12/h4-10,12H2,1-3H3. The van der Waals surface area contributed by atoms with Crippen LogP contribution in [0.5, 0.6) is 0 Å². The van der Waals surface area contributed by atoms with Crippen molar-refractivity contribution in [1.82, 2.24) is 9.80 Å². The Morgan fingerprint density at radius 3 is 2.40 bits per heavy atom. The van der Waals surface area contributed by atoms with Crippen molar-refractivity contribution >= 4 is 5.91 Å². The van der Waals surface area contributed by atoms with E-state index in [4.69, 9.17) is 5.73 Å². The molecule has 1 amide bonds. The lowest BCUT2D eigenvalue weighted by molar-refractivity contribution is -0.130. The van der Waals surface area contributed by atoms with E-state index in [1.54, 1.807) is 4.90 Å². The van der Waals surface area contributed by atoms with Gasteiger partial charge in [-0.25, -0.2) is 0 Å². The van der Waals surface area contributed by atoms with Gasteiger partial charge in [0.15, 0.2) is 0 Å². The predicted octanol–water partition coefficient (Wildman–Crippen LogP) is 0.526. The van der Waals surface area contributed by atoms with Gasteiger partial charge in [-0.05, 0) is 39.9 Å². The van der Waals surface area contributed by atoms with E-state index in [-0.39, 0.29) is 5.91 Å². The number of hydrogen-bond acceptors (Lipinski definition) is 3. The van der Waals surface area contributed by atoms with E-state index in [1.165, 1.54) is 0 Å². The molecule has 0 atom stereocenters. The first-order chi connectivity index (χ1) is 7.11. The van der Waals surface area contributed by atoms with Gasteiger partial charge < -0.3 is 10.6 Å². The average molecular weight is 215 g/mol. The number of amides is 1. The van der Waals surface area contributed by atoms with Gasteiger partial charge in [0.1, 0.15) is 0 Å². The Labute approximate surface area is 93.4 Å². The van der Waals surface area contributed by atoms with Crippen LogP contribution in [0.1, 0.15) is 26.2 Å². The summed E-state index contributed by atoms with van der Waals surface area (Å²) < 4.78 is 0. The van der Waals surface area contributed by atoms with Gasteiger partial charge in [0.2, 0.25) is 5.91 Å². The van der Waals surface area contributed by atoms with Gasteiger partial charge in [-0.1, -0.05) is 6.42 Å². The molecule has 4 nitrogen and oxygen atoms in total. The van der Waals surface area contributed by atoms with Gasteiger partial charge in [-0.15, -0.1) is 0 Å². The molecule has 0 radical (unpaired) electrons. The van der Waals surface area contributed by atoms with Crippen LogP contribution in [0.4, 0.5) is 0 Å². The topological polar surface area (TPSA) is 49.6 Å². The van der Waals surface area contributed by atoms with E-state index < -0.39 is 0 Å². The molecule has 0 rings (SSSR count). The van der Waals surface area contributed by atoms with Crippen LogP contribution < -0.4 is 5.73 Å². The molecule has 0 aromatic heterocycles. The molecule has 0 fully saturated rings. The fourth-order valence-electron chi connectivity index (χ4n) is 1.31. The molecular formula is C11H25N3O. The molecular weight excluding hydrogens is 190 g/mol. The molecule has 0 heterocycles. The highest BCUT2D eigenvalue weighted by Gasteiger charge is 2.09. The summed E-state index contributed by atoms with van der Waals surface area (Å²) in [5, 5.41) is 0. The molecule has 0 aromatic rings. The SMILES string of the molecule is CCN(C)C(=O)CN(C)CCCCCN. The van der Waals surface area contributed by atoms with Gasteiger partial charge in [0, 0.05) is 13.6 Å². The van der Waals surface area contributed by atoms with Gasteiger partial charge in [-0.3, -0.25) is 9.69 Å². The van der Waals surface area contributed by atoms with Gasteiger partial charge in [-0.2, -0.15) is 0 Å². The van der Waals surface area contributed by atoms with E-state index in [2.05, 4.69) is 4.90 Å². The van der Waals surface area contributed by atoms with E-state index in [1.807, 2.05) is 21.0 Å². The third-order valence-electron chi connectivity index (χ3n) is 2.55. The summed E-state index contributed by atoms with van der Waals surface area (Å²) in [6.07, 6.45) is 3.35. The minimum Gasteiger partial charge on any atom is -0.345 e. The quantitative estimate of drug-likeness (QED) is 0.601.